The zero-order chi connectivity index (χ0) is 13.1. The van der Waals surface area contributed by atoms with Gasteiger partial charge in [-0.1, -0.05) is 29.8 Å². The van der Waals surface area contributed by atoms with Crippen LogP contribution in [0.2, 0.25) is 5.15 Å². The molecule has 0 amide bonds. The molecule has 0 spiro atoms. The summed E-state index contributed by atoms with van der Waals surface area (Å²) in [5, 5.41) is 0.232. The van der Waals surface area contributed by atoms with Crippen LogP contribution in [0.5, 0.6) is 0 Å². The molecular weight excluding hydrogens is 248 g/mol. The van der Waals surface area contributed by atoms with Crippen LogP contribution in [0.25, 0.3) is 11.1 Å². The Kier molecular flexibility index (Phi) is 3.63. The normalized spacial score (nSPS) is 10.2. The summed E-state index contributed by atoms with van der Waals surface area (Å²) in [6.45, 7) is 0. The molecule has 4 heteroatoms. The number of hydrogen-bond donors (Lipinski definition) is 0. The molecule has 2 aromatic rings. The van der Waals surface area contributed by atoms with Crippen molar-refractivity contribution in [2.45, 2.75) is 0 Å². The highest BCUT2D eigenvalue weighted by Gasteiger charge is 2.13. The summed E-state index contributed by atoms with van der Waals surface area (Å²) in [5.41, 5.74) is 3.22. The molecule has 0 aliphatic carbocycles. The lowest BCUT2D eigenvalue weighted by atomic mass is 10.0. The minimum absolute atomic E-state index is 0.232. The van der Waals surface area contributed by atoms with E-state index >= 15 is 0 Å². The third-order valence-corrected chi connectivity index (χ3v) is 3.04. The van der Waals surface area contributed by atoms with Gasteiger partial charge in [-0.05, 0) is 17.7 Å². The molecule has 2 rings (SSSR count). The van der Waals surface area contributed by atoms with Gasteiger partial charge in [0.2, 0.25) is 0 Å². The summed E-state index contributed by atoms with van der Waals surface area (Å²) < 4.78 is 0. The molecule has 1 aromatic heterocycles. The van der Waals surface area contributed by atoms with Crippen LogP contribution in [0.4, 0.5) is 5.69 Å². The number of para-hydroxylation sites is 1. The van der Waals surface area contributed by atoms with Crippen LogP contribution in [-0.2, 0) is 0 Å². The number of nitrogens with zero attached hydrogens (tertiary/aromatic N) is 2. The van der Waals surface area contributed by atoms with Gasteiger partial charge in [0.05, 0.1) is 5.56 Å². The number of carbonyl (C=O) groups is 1. The summed E-state index contributed by atoms with van der Waals surface area (Å²) in [7, 11) is 3.92. The minimum atomic E-state index is 0.232. The first-order chi connectivity index (χ1) is 8.65. The molecule has 0 radical (unpaired) electrons. The van der Waals surface area contributed by atoms with Crippen molar-refractivity contribution in [1.29, 1.82) is 0 Å². The zero-order valence-corrected chi connectivity index (χ0v) is 11.0. The van der Waals surface area contributed by atoms with Gasteiger partial charge in [-0.15, -0.1) is 0 Å². The maximum atomic E-state index is 11.2. The van der Waals surface area contributed by atoms with Crippen LogP contribution in [0.15, 0.2) is 36.5 Å². The Hall–Kier alpha value is -1.87. The van der Waals surface area contributed by atoms with Gasteiger partial charge < -0.3 is 4.90 Å². The quantitative estimate of drug-likeness (QED) is 0.627. The Morgan fingerprint density at radius 3 is 2.56 bits per heavy atom. The fourth-order valence-corrected chi connectivity index (χ4v) is 2.09. The number of carbonyl (C=O) groups excluding carboxylic acids is 1. The predicted octanol–water partition coefficient (Wildman–Crippen LogP) is 3.28. The van der Waals surface area contributed by atoms with E-state index in [0.29, 0.717) is 5.56 Å². The van der Waals surface area contributed by atoms with E-state index in [9.17, 15) is 4.79 Å². The van der Waals surface area contributed by atoms with Crippen molar-refractivity contribution >= 4 is 23.6 Å². The van der Waals surface area contributed by atoms with Gasteiger partial charge in [-0.3, -0.25) is 4.79 Å². The van der Waals surface area contributed by atoms with E-state index in [2.05, 4.69) is 4.98 Å². The summed E-state index contributed by atoms with van der Waals surface area (Å²) in [4.78, 5) is 17.1. The summed E-state index contributed by atoms with van der Waals surface area (Å²) in [6, 6.07) is 9.66. The van der Waals surface area contributed by atoms with Gasteiger partial charge in [-0.25, -0.2) is 4.98 Å². The van der Waals surface area contributed by atoms with Crippen LogP contribution in [-0.4, -0.2) is 25.4 Å². The molecule has 0 saturated heterocycles. The lowest BCUT2D eigenvalue weighted by Crippen LogP contribution is -2.10. The molecule has 92 valence electrons. The van der Waals surface area contributed by atoms with Crippen LogP contribution in [0, 0.1) is 0 Å². The SMILES string of the molecule is CN(C)c1ccccc1-c1ccnc(Cl)c1C=O. The second-order valence-corrected chi connectivity index (χ2v) is 4.45. The Balaban J connectivity index is 2.69. The van der Waals surface area contributed by atoms with Crippen molar-refractivity contribution in [3.63, 3.8) is 0 Å². The fourth-order valence-electron chi connectivity index (χ4n) is 1.89. The van der Waals surface area contributed by atoms with E-state index in [-0.39, 0.29) is 5.15 Å². The fraction of sp³-hybridized carbons (Fsp3) is 0.143. The average molecular weight is 261 g/mol. The molecule has 0 aliphatic rings. The Morgan fingerprint density at radius 1 is 1.17 bits per heavy atom. The molecule has 0 fully saturated rings. The third kappa shape index (κ3) is 2.22. The molecule has 0 saturated carbocycles. The molecule has 1 aromatic carbocycles. The van der Waals surface area contributed by atoms with Gasteiger partial charge in [0, 0.05) is 31.5 Å². The first kappa shape index (κ1) is 12.6. The van der Waals surface area contributed by atoms with Crippen molar-refractivity contribution in [3.8, 4) is 11.1 Å². The number of benzene rings is 1. The molecule has 0 N–H and O–H groups in total. The third-order valence-electron chi connectivity index (χ3n) is 2.74. The maximum Gasteiger partial charge on any atom is 0.153 e. The molecule has 3 nitrogen and oxygen atoms in total. The van der Waals surface area contributed by atoms with Crippen molar-refractivity contribution in [2.75, 3.05) is 19.0 Å². The monoisotopic (exact) mass is 260 g/mol. The number of aromatic nitrogens is 1. The minimum Gasteiger partial charge on any atom is -0.377 e. The second kappa shape index (κ2) is 5.19. The highest BCUT2D eigenvalue weighted by atomic mass is 35.5. The summed E-state index contributed by atoms with van der Waals surface area (Å²) in [6.07, 6.45) is 2.36. The maximum absolute atomic E-state index is 11.2. The smallest absolute Gasteiger partial charge is 0.153 e. The Labute approximate surface area is 111 Å². The molecule has 18 heavy (non-hydrogen) atoms. The largest absolute Gasteiger partial charge is 0.377 e. The van der Waals surface area contributed by atoms with E-state index in [1.807, 2.05) is 43.3 Å². The lowest BCUT2D eigenvalue weighted by molar-refractivity contribution is 0.112. The second-order valence-electron chi connectivity index (χ2n) is 4.09. The number of halogens is 1. The zero-order valence-electron chi connectivity index (χ0n) is 10.2. The van der Waals surface area contributed by atoms with E-state index in [1.54, 1.807) is 12.3 Å². The predicted molar refractivity (Wildman–Crippen MR) is 74.4 cm³/mol. The van der Waals surface area contributed by atoms with Crippen LogP contribution >= 0.6 is 11.6 Å². The molecule has 0 aliphatic heterocycles. The summed E-state index contributed by atoms with van der Waals surface area (Å²) in [5.74, 6) is 0. The number of pyridine rings is 1. The topological polar surface area (TPSA) is 33.2 Å². The summed E-state index contributed by atoms with van der Waals surface area (Å²) >= 11 is 5.96. The van der Waals surface area contributed by atoms with Gasteiger partial charge in [0.25, 0.3) is 0 Å². The number of anilines is 1. The van der Waals surface area contributed by atoms with E-state index in [4.69, 9.17) is 11.6 Å². The van der Waals surface area contributed by atoms with Crippen LogP contribution < -0.4 is 4.90 Å². The average Bonchev–Trinajstić information content (AvgIpc) is 2.38. The Morgan fingerprint density at radius 2 is 1.89 bits per heavy atom. The van der Waals surface area contributed by atoms with Gasteiger partial charge in [0.15, 0.2) is 6.29 Å². The standard InChI is InChI=1S/C14H13ClN2O/c1-17(2)13-6-4-3-5-11(13)10-7-8-16-14(15)12(10)9-18/h3-9H,1-2H3. The molecule has 0 atom stereocenters. The van der Waals surface area contributed by atoms with Crippen molar-refractivity contribution in [2.24, 2.45) is 0 Å². The number of rotatable bonds is 3. The lowest BCUT2D eigenvalue weighted by Gasteiger charge is -2.18. The molecular formula is C14H13ClN2O. The molecule has 1 heterocycles. The van der Waals surface area contributed by atoms with Crippen LogP contribution in [0.3, 0.4) is 0 Å². The molecule has 0 bridgehead atoms. The number of aldehydes is 1. The Bertz CT molecular complexity index is 582. The first-order valence-corrected chi connectivity index (χ1v) is 5.89. The highest BCUT2D eigenvalue weighted by Crippen LogP contribution is 2.33. The van der Waals surface area contributed by atoms with Crippen molar-refractivity contribution in [3.05, 3.63) is 47.2 Å². The van der Waals surface area contributed by atoms with Gasteiger partial charge in [-0.2, -0.15) is 0 Å². The van der Waals surface area contributed by atoms with E-state index in [0.717, 1.165) is 23.1 Å². The van der Waals surface area contributed by atoms with Gasteiger partial charge >= 0.3 is 0 Å². The number of hydrogen-bond acceptors (Lipinski definition) is 3. The van der Waals surface area contributed by atoms with Gasteiger partial charge in [0.1, 0.15) is 5.15 Å². The molecule has 0 unspecified atom stereocenters. The van der Waals surface area contributed by atoms with Crippen molar-refractivity contribution in [1.82, 2.24) is 4.98 Å². The van der Waals surface area contributed by atoms with Crippen molar-refractivity contribution < 1.29 is 4.79 Å². The first-order valence-electron chi connectivity index (χ1n) is 5.51. The van der Waals surface area contributed by atoms with E-state index in [1.165, 1.54) is 0 Å². The van der Waals surface area contributed by atoms with Crippen LogP contribution in [0.1, 0.15) is 10.4 Å². The highest BCUT2D eigenvalue weighted by molar-refractivity contribution is 6.32. The van der Waals surface area contributed by atoms with E-state index < -0.39 is 0 Å².